The maximum atomic E-state index is 5.48. The molecule has 0 atom stereocenters. The molecule has 1 N–H and O–H groups in total. The van der Waals surface area contributed by atoms with Crippen molar-refractivity contribution in [1.82, 2.24) is 9.55 Å². The second-order valence-corrected chi connectivity index (χ2v) is 5.56. The Morgan fingerprint density at radius 3 is 2.75 bits per heavy atom. The van der Waals surface area contributed by atoms with Gasteiger partial charge in [0.05, 0.1) is 23.8 Å². The molecule has 3 nitrogen and oxygen atoms in total. The number of hydrogen-bond donors (Lipinski definition) is 1. The summed E-state index contributed by atoms with van der Waals surface area (Å²) in [6.45, 7) is 0. The minimum atomic E-state index is 0.690. The third kappa shape index (κ3) is 2.13. The standard InChI is InChI=1S/C15H14N2OS2/c1-18-10-7-8-11-13(9-10)17(15(19)16-11)12-5-3-4-6-14(12)20-2/h3-9H,1-2H3,(H,16,19). The SMILES string of the molecule is COc1ccc2[nH]c(=S)n(-c3ccccc3SC)c2c1. The zero-order valence-corrected chi connectivity index (χ0v) is 12.8. The van der Waals surface area contributed by atoms with Crippen LogP contribution in [-0.4, -0.2) is 22.9 Å². The molecule has 20 heavy (non-hydrogen) atoms. The van der Waals surface area contributed by atoms with Gasteiger partial charge in [-0.2, -0.15) is 0 Å². The van der Waals surface area contributed by atoms with Gasteiger partial charge in [0.2, 0.25) is 0 Å². The molecule has 102 valence electrons. The van der Waals surface area contributed by atoms with Gasteiger partial charge in [0.25, 0.3) is 0 Å². The Balaban J connectivity index is 2.35. The average molecular weight is 302 g/mol. The van der Waals surface area contributed by atoms with Crippen LogP contribution in [0.25, 0.3) is 16.7 Å². The smallest absolute Gasteiger partial charge is 0.182 e. The summed E-state index contributed by atoms with van der Waals surface area (Å²) in [5, 5.41) is 0. The fourth-order valence-corrected chi connectivity index (χ4v) is 3.15. The number of nitrogens with one attached hydrogen (secondary N) is 1. The average Bonchev–Trinajstić information content (AvgIpc) is 2.81. The van der Waals surface area contributed by atoms with Crippen molar-refractivity contribution in [2.24, 2.45) is 0 Å². The van der Waals surface area contributed by atoms with Crippen LogP contribution in [0.5, 0.6) is 5.75 Å². The van der Waals surface area contributed by atoms with Gasteiger partial charge in [-0.05, 0) is 42.7 Å². The predicted molar refractivity (Wildman–Crippen MR) is 86.8 cm³/mol. The molecule has 3 rings (SSSR count). The summed E-state index contributed by atoms with van der Waals surface area (Å²) in [5.41, 5.74) is 3.12. The molecule has 2 aromatic carbocycles. The topological polar surface area (TPSA) is 29.9 Å². The first-order valence-corrected chi connectivity index (χ1v) is 7.80. The van der Waals surface area contributed by atoms with Gasteiger partial charge in [-0.1, -0.05) is 12.1 Å². The second kappa shape index (κ2) is 5.34. The molecule has 0 amide bonds. The molecule has 0 bridgehead atoms. The number of H-pyrrole nitrogens is 1. The molecular formula is C15H14N2OS2. The minimum absolute atomic E-state index is 0.690. The van der Waals surface area contributed by atoms with E-state index in [-0.39, 0.29) is 0 Å². The fraction of sp³-hybridized carbons (Fsp3) is 0.133. The van der Waals surface area contributed by atoms with Crippen molar-refractivity contribution < 1.29 is 4.74 Å². The Morgan fingerprint density at radius 2 is 2.00 bits per heavy atom. The number of aromatic amines is 1. The number of benzene rings is 2. The molecule has 1 heterocycles. The van der Waals surface area contributed by atoms with Crippen molar-refractivity contribution in [2.45, 2.75) is 4.90 Å². The number of para-hydroxylation sites is 1. The highest BCUT2D eigenvalue weighted by Crippen LogP contribution is 2.29. The Bertz CT molecular complexity index is 820. The Kier molecular flexibility index (Phi) is 3.54. The normalized spacial score (nSPS) is 10.9. The first-order valence-electron chi connectivity index (χ1n) is 6.17. The number of thioether (sulfide) groups is 1. The van der Waals surface area contributed by atoms with Gasteiger partial charge in [-0.3, -0.25) is 4.57 Å². The lowest BCUT2D eigenvalue weighted by Gasteiger charge is -2.09. The molecule has 0 radical (unpaired) electrons. The molecule has 3 aromatic rings. The van der Waals surface area contributed by atoms with E-state index in [9.17, 15) is 0 Å². The van der Waals surface area contributed by atoms with Gasteiger partial charge < -0.3 is 9.72 Å². The van der Waals surface area contributed by atoms with Gasteiger partial charge in [0, 0.05) is 11.0 Å². The summed E-state index contributed by atoms with van der Waals surface area (Å²) >= 11 is 7.19. The van der Waals surface area contributed by atoms with Gasteiger partial charge >= 0.3 is 0 Å². The van der Waals surface area contributed by atoms with Crippen molar-refractivity contribution in [3.05, 3.63) is 47.2 Å². The Labute approximate surface area is 126 Å². The van der Waals surface area contributed by atoms with Crippen LogP contribution in [0, 0.1) is 4.77 Å². The lowest BCUT2D eigenvalue weighted by atomic mass is 10.2. The number of imidazole rings is 1. The molecule has 0 spiro atoms. The van der Waals surface area contributed by atoms with Crippen molar-refractivity contribution in [2.75, 3.05) is 13.4 Å². The highest BCUT2D eigenvalue weighted by Gasteiger charge is 2.10. The molecular weight excluding hydrogens is 288 g/mol. The number of hydrogen-bond acceptors (Lipinski definition) is 3. The van der Waals surface area contributed by atoms with E-state index in [1.807, 2.05) is 30.3 Å². The summed E-state index contributed by atoms with van der Waals surface area (Å²) < 4.78 is 8.06. The highest BCUT2D eigenvalue weighted by molar-refractivity contribution is 7.98. The lowest BCUT2D eigenvalue weighted by molar-refractivity contribution is 0.415. The number of fused-ring (bicyclic) bond motifs is 1. The van der Waals surface area contributed by atoms with Gasteiger partial charge in [-0.25, -0.2) is 0 Å². The Hall–Kier alpha value is -1.72. The van der Waals surface area contributed by atoms with Crippen LogP contribution in [-0.2, 0) is 0 Å². The largest absolute Gasteiger partial charge is 0.497 e. The number of ether oxygens (including phenoxy) is 1. The van der Waals surface area contributed by atoms with Crippen molar-refractivity contribution in [3.8, 4) is 11.4 Å². The third-order valence-electron chi connectivity index (χ3n) is 3.22. The number of nitrogens with zero attached hydrogens (tertiary/aromatic N) is 1. The van der Waals surface area contributed by atoms with E-state index in [1.54, 1.807) is 18.9 Å². The molecule has 0 aliphatic carbocycles. The first kappa shape index (κ1) is 13.3. The van der Waals surface area contributed by atoms with E-state index in [1.165, 1.54) is 4.90 Å². The second-order valence-electron chi connectivity index (χ2n) is 4.32. The number of methoxy groups -OCH3 is 1. The molecule has 0 unspecified atom stereocenters. The number of aromatic nitrogens is 2. The van der Waals surface area contributed by atoms with E-state index in [4.69, 9.17) is 17.0 Å². The summed E-state index contributed by atoms with van der Waals surface area (Å²) in [7, 11) is 1.67. The molecule has 5 heteroatoms. The fourth-order valence-electron chi connectivity index (χ4n) is 2.26. The van der Waals surface area contributed by atoms with Crippen molar-refractivity contribution >= 4 is 35.0 Å². The molecule has 0 aliphatic rings. The predicted octanol–water partition coefficient (Wildman–Crippen LogP) is 4.42. The van der Waals surface area contributed by atoms with Crippen LogP contribution in [0.15, 0.2) is 47.4 Å². The van der Waals surface area contributed by atoms with Crippen LogP contribution >= 0.6 is 24.0 Å². The first-order chi connectivity index (χ1) is 9.74. The zero-order valence-electron chi connectivity index (χ0n) is 11.2. The third-order valence-corrected chi connectivity index (χ3v) is 4.29. The zero-order chi connectivity index (χ0) is 14.1. The van der Waals surface area contributed by atoms with Crippen molar-refractivity contribution in [1.29, 1.82) is 0 Å². The summed E-state index contributed by atoms with van der Waals surface area (Å²) in [6.07, 6.45) is 2.07. The maximum Gasteiger partial charge on any atom is 0.182 e. The minimum Gasteiger partial charge on any atom is -0.497 e. The molecule has 1 aromatic heterocycles. The molecule has 0 saturated heterocycles. The monoisotopic (exact) mass is 302 g/mol. The summed E-state index contributed by atoms with van der Waals surface area (Å²) in [6, 6.07) is 14.2. The van der Waals surface area contributed by atoms with E-state index < -0.39 is 0 Å². The van der Waals surface area contributed by atoms with Crippen LogP contribution in [0.2, 0.25) is 0 Å². The maximum absolute atomic E-state index is 5.48. The van der Waals surface area contributed by atoms with Crippen LogP contribution in [0.4, 0.5) is 0 Å². The summed E-state index contributed by atoms with van der Waals surface area (Å²) in [4.78, 5) is 4.43. The van der Waals surface area contributed by atoms with E-state index in [2.05, 4.69) is 27.9 Å². The molecule has 0 fully saturated rings. The highest BCUT2D eigenvalue weighted by atomic mass is 32.2. The quantitative estimate of drug-likeness (QED) is 0.574. The van der Waals surface area contributed by atoms with Gasteiger partial charge in [0.15, 0.2) is 4.77 Å². The summed E-state index contributed by atoms with van der Waals surface area (Å²) in [5.74, 6) is 0.821. The van der Waals surface area contributed by atoms with Gasteiger partial charge in [0.1, 0.15) is 5.75 Å². The van der Waals surface area contributed by atoms with Crippen LogP contribution in [0.1, 0.15) is 0 Å². The number of rotatable bonds is 3. The molecule has 0 saturated carbocycles. The molecule has 0 aliphatic heterocycles. The van der Waals surface area contributed by atoms with Crippen LogP contribution < -0.4 is 4.74 Å². The van der Waals surface area contributed by atoms with E-state index >= 15 is 0 Å². The van der Waals surface area contributed by atoms with Gasteiger partial charge in [-0.15, -0.1) is 11.8 Å². The van der Waals surface area contributed by atoms with E-state index in [0.29, 0.717) is 4.77 Å². The van der Waals surface area contributed by atoms with Crippen LogP contribution in [0.3, 0.4) is 0 Å². The van der Waals surface area contributed by atoms with Crippen molar-refractivity contribution in [3.63, 3.8) is 0 Å². The van der Waals surface area contributed by atoms with E-state index in [0.717, 1.165) is 22.5 Å². The lowest BCUT2D eigenvalue weighted by Crippen LogP contribution is -1.96. The Morgan fingerprint density at radius 1 is 1.20 bits per heavy atom.